The summed E-state index contributed by atoms with van der Waals surface area (Å²) in [5.74, 6) is 0.519. The molecule has 0 bridgehead atoms. The summed E-state index contributed by atoms with van der Waals surface area (Å²) in [5, 5.41) is 14.1. The number of para-hydroxylation sites is 2. The molecule has 1 heterocycles. The van der Waals surface area contributed by atoms with Crippen LogP contribution in [0.3, 0.4) is 0 Å². The Morgan fingerprint density at radius 3 is 2.64 bits per heavy atom. The number of aryl methyl sites for hydroxylation is 1. The van der Waals surface area contributed by atoms with E-state index in [2.05, 4.69) is 21.6 Å². The molecule has 2 aromatic carbocycles. The van der Waals surface area contributed by atoms with E-state index in [4.69, 9.17) is 11.6 Å². The number of nitrogens with one attached hydrogen (secondary N) is 1. The van der Waals surface area contributed by atoms with Crippen LogP contribution in [0.1, 0.15) is 5.82 Å². The third kappa shape index (κ3) is 2.65. The molecule has 6 heteroatoms. The number of benzene rings is 2. The lowest BCUT2D eigenvalue weighted by Crippen LogP contribution is -2.08. The van der Waals surface area contributed by atoms with E-state index in [1.807, 2.05) is 35.9 Å². The van der Waals surface area contributed by atoms with Crippen LogP contribution in [0.15, 0.2) is 53.6 Å². The number of aromatic nitrogens is 2. The van der Waals surface area contributed by atoms with E-state index in [0.29, 0.717) is 10.8 Å². The smallest absolute Gasteiger partial charge is 0.203 e. The Morgan fingerprint density at radius 1 is 1.23 bits per heavy atom. The zero-order chi connectivity index (χ0) is 15.5. The van der Waals surface area contributed by atoms with Gasteiger partial charge in [0.1, 0.15) is 6.07 Å². The first-order valence-corrected chi connectivity index (χ1v) is 6.98. The Kier molecular flexibility index (Phi) is 3.77. The van der Waals surface area contributed by atoms with Crippen LogP contribution in [-0.2, 0) is 7.05 Å². The fourth-order valence-corrected chi connectivity index (χ4v) is 2.25. The number of nitrogens with zero attached hydrogens (tertiary/aromatic N) is 4. The standard InChI is InChI=1S/C16H12ClN5/c1-22-15-5-3-2-4-13(15)19-16(22)14(10-18)21-20-12-8-6-11(17)7-9-12/h2-9,20H,1H3. The molecule has 5 nitrogen and oxygen atoms in total. The van der Waals surface area contributed by atoms with E-state index >= 15 is 0 Å². The lowest BCUT2D eigenvalue weighted by atomic mass is 10.3. The maximum Gasteiger partial charge on any atom is 0.203 e. The van der Waals surface area contributed by atoms with E-state index in [0.717, 1.165) is 16.7 Å². The lowest BCUT2D eigenvalue weighted by molar-refractivity contribution is 0.929. The highest BCUT2D eigenvalue weighted by Gasteiger charge is 2.13. The average molecular weight is 310 g/mol. The van der Waals surface area contributed by atoms with E-state index < -0.39 is 0 Å². The van der Waals surface area contributed by atoms with Crippen LogP contribution < -0.4 is 5.43 Å². The first kappa shape index (κ1) is 14.1. The first-order chi connectivity index (χ1) is 10.7. The van der Waals surface area contributed by atoms with Crippen LogP contribution in [-0.4, -0.2) is 15.3 Å². The van der Waals surface area contributed by atoms with Gasteiger partial charge in [-0.05, 0) is 36.4 Å². The van der Waals surface area contributed by atoms with Crippen LogP contribution in [0.4, 0.5) is 5.69 Å². The maximum absolute atomic E-state index is 9.36. The molecule has 0 amide bonds. The maximum atomic E-state index is 9.36. The number of fused-ring (bicyclic) bond motifs is 1. The van der Waals surface area contributed by atoms with Gasteiger partial charge in [-0.1, -0.05) is 23.7 Å². The molecule has 0 aliphatic heterocycles. The summed E-state index contributed by atoms with van der Waals surface area (Å²) >= 11 is 5.83. The predicted molar refractivity (Wildman–Crippen MR) is 87.9 cm³/mol. The molecule has 0 radical (unpaired) electrons. The number of anilines is 1. The number of imidazole rings is 1. The third-order valence-corrected chi connectivity index (χ3v) is 3.50. The molecule has 1 aromatic heterocycles. The number of halogens is 1. The molecule has 0 saturated heterocycles. The molecule has 0 atom stereocenters. The number of nitriles is 1. The summed E-state index contributed by atoms with van der Waals surface area (Å²) in [4.78, 5) is 4.46. The van der Waals surface area contributed by atoms with Crippen molar-refractivity contribution in [3.8, 4) is 6.07 Å². The Balaban J connectivity index is 1.95. The molecule has 0 aliphatic rings. The Labute approximate surface area is 132 Å². The molecule has 0 aliphatic carbocycles. The van der Waals surface area contributed by atoms with Crippen LogP contribution >= 0.6 is 11.6 Å². The van der Waals surface area contributed by atoms with E-state index in [9.17, 15) is 5.26 Å². The number of hydrazone groups is 1. The molecule has 0 fully saturated rings. The van der Waals surface area contributed by atoms with Crippen molar-refractivity contribution in [2.75, 3.05) is 5.43 Å². The Bertz CT molecular complexity index is 887. The second kappa shape index (κ2) is 5.88. The van der Waals surface area contributed by atoms with Gasteiger partial charge in [-0.3, -0.25) is 5.43 Å². The largest absolute Gasteiger partial charge is 0.325 e. The van der Waals surface area contributed by atoms with Gasteiger partial charge in [0, 0.05) is 12.1 Å². The van der Waals surface area contributed by atoms with E-state index in [1.54, 1.807) is 24.3 Å². The van der Waals surface area contributed by atoms with Crippen LogP contribution in [0.2, 0.25) is 5.02 Å². The number of hydrogen-bond donors (Lipinski definition) is 1. The second-order valence-corrected chi connectivity index (χ2v) is 5.11. The minimum Gasteiger partial charge on any atom is -0.325 e. The second-order valence-electron chi connectivity index (χ2n) is 4.67. The van der Waals surface area contributed by atoms with Crippen LogP contribution in [0, 0.1) is 11.3 Å². The molecular formula is C16H12ClN5. The Morgan fingerprint density at radius 2 is 1.95 bits per heavy atom. The highest BCUT2D eigenvalue weighted by atomic mass is 35.5. The monoisotopic (exact) mass is 309 g/mol. The van der Waals surface area contributed by atoms with Gasteiger partial charge in [0.25, 0.3) is 0 Å². The van der Waals surface area contributed by atoms with Crippen molar-refractivity contribution < 1.29 is 0 Å². The molecule has 108 valence electrons. The van der Waals surface area contributed by atoms with Gasteiger partial charge in [-0.2, -0.15) is 10.4 Å². The van der Waals surface area contributed by atoms with Crippen molar-refractivity contribution >= 4 is 34.0 Å². The summed E-state index contributed by atoms with van der Waals surface area (Å²) in [7, 11) is 1.86. The molecule has 3 aromatic rings. The van der Waals surface area contributed by atoms with Gasteiger partial charge in [-0.25, -0.2) is 4.98 Å². The van der Waals surface area contributed by atoms with Crippen molar-refractivity contribution in [3.05, 3.63) is 59.4 Å². The van der Waals surface area contributed by atoms with E-state index in [1.165, 1.54) is 0 Å². The highest BCUT2D eigenvalue weighted by Crippen LogP contribution is 2.16. The zero-order valence-corrected chi connectivity index (χ0v) is 12.5. The van der Waals surface area contributed by atoms with Gasteiger partial charge in [0.05, 0.1) is 16.7 Å². The SMILES string of the molecule is Cn1c(C(C#N)=NNc2ccc(Cl)cc2)nc2ccccc21. The van der Waals surface area contributed by atoms with Crippen LogP contribution in [0.5, 0.6) is 0 Å². The summed E-state index contributed by atoms with van der Waals surface area (Å²) in [6, 6.07) is 16.9. The van der Waals surface area contributed by atoms with Crippen LogP contribution in [0.25, 0.3) is 11.0 Å². The van der Waals surface area contributed by atoms with Gasteiger partial charge < -0.3 is 4.57 Å². The highest BCUT2D eigenvalue weighted by molar-refractivity contribution is 6.30. The topological polar surface area (TPSA) is 66.0 Å². The molecule has 3 rings (SSSR count). The first-order valence-electron chi connectivity index (χ1n) is 6.60. The summed E-state index contributed by atoms with van der Waals surface area (Å²) in [6.07, 6.45) is 0. The number of rotatable bonds is 3. The molecule has 0 saturated carbocycles. The van der Waals surface area contributed by atoms with Gasteiger partial charge in [0.15, 0.2) is 5.82 Å². The summed E-state index contributed by atoms with van der Waals surface area (Å²) < 4.78 is 1.85. The third-order valence-electron chi connectivity index (χ3n) is 3.25. The minimum absolute atomic E-state index is 0.216. The van der Waals surface area contributed by atoms with Crippen molar-refractivity contribution in [2.45, 2.75) is 0 Å². The van der Waals surface area contributed by atoms with Crippen molar-refractivity contribution in [2.24, 2.45) is 12.1 Å². The molecule has 22 heavy (non-hydrogen) atoms. The average Bonchev–Trinajstić information content (AvgIpc) is 2.87. The molecule has 0 spiro atoms. The molecule has 0 unspecified atom stereocenters. The Hall–Kier alpha value is -2.84. The van der Waals surface area contributed by atoms with Gasteiger partial charge in [-0.15, -0.1) is 0 Å². The molecule has 1 N–H and O–H groups in total. The molecular weight excluding hydrogens is 298 g/mol. The number of hydrogen-bond acceptors (Lipinski definition) is 4. The predicted octanol–water partition coefficient (Wildman–Crippen LogP) is 3.57. The van der Waals surface area contributed by atoms with E-state index in [-0.39, 0.29) is 5.71 Å². The fraction of sp³-hybridized carbons (Fsp3) is 0.0625. The zero-order valence-electron chi connectivity index (χ0n) is 11.8. The van der Waals surface area contributed by atoms with Gasteiger partial charge >= 0.3 is 0 Å². The van der Waals surface area contributed by atoms with Crippen molar-refractivity contribution in [1.29, 1.82) is 5.26 Å². The summed E-state index contributed by atoms with van der Waals surface area (Å²) in [6.45, 7) is 0. The van der Waals surface area contributed by atoms with Crippen molar-refractivity contribution in [1.82, 2.24) is 9.55 Å². The minimum atomic E-state index is 0.216. The normalized spacial score (nSPS) is 11.4. The quantitative estimate of drug-likeness (QED) is 0.594. The summed E-state index contributed by atoms with van der Waals surface area (Å²) in [5.41, 5.74) is 5.59. The van der Waals surface area contributed by atoms with Crippen molar-refractivity contribution in [3.63, 3.8) is 0 Å². The lowest BCUT2D eigenvalue weighted by Gasteiger charge is -2.02. The van der Waals surface area contributed by atoms with Gasteiger partial charge in [0.2, 0.25) is 5.71 Å². The fourth-order valence-electron chi connectivity index (χ4n) is 2.13.